The molecule has 1 amide bonds. The van der Waals surface area contributed by atoms with Gasteiger partial charge in [-0.25, -0.2) is 4.79 Å². The van der Waals surface area contributed by atoms with Crippen LogP contribution >= 0.6 is 11.6 Å². The van der Waals surface area contributed by atoms with Gasteiger partial charge in [0.05, 0.1) is 18.8 Å². The van der Waals surface area contributed by atoms with Gasteiger partial charge in [0.15, 0.2) is 6.61 Å². The predicted molar refractivity (Wildman–Crippen MR) is 110 cm³/mol. The average Bonchev–Trinajstić information content (AvgIpc) is 2.73. The number of hydrogen-bond acceptors (Lipinski definition) is 4. The minimum atomic E-state index is -0.500. The molecule has 154 valence electrons. The number of carbonyl (C=O) groups is 2. The highest BCUT2D eigenvalue weighted by Crippen LogP contribution is 2.10. The van der Waals surface area contributed by atoms with Gasteiger partial charge in [0.2, 0.25) is 0 Å². The largest absolute Gasteiger partial charge is 0.452 e. The van der Waals surface area contributed by atoms with E-state index in [1.54, 1.807) is 18.2 Å². The summed E-state index contributed by atoms with van der Waals surface area (Å²) in [4.78, 5) is 25.5. The lowest BCUT2D eigenvalue weighted by molar-refractivity contribution is -0.921. The van der Waals surface area contributed by atoms with E-state index in [-0.39, 0.29) is 12.5 Å². The van der Waals surface area contributed by atoms with E-state index in [1.165, 1.54) is 4.90 Å². The molecule has 2 N–H and O–H groups in total. The molecule has 2 aromatic rings. The number of rotatable bonds is 8. The molecule has 29 heavy (non-hydrogen) atoms. The number of ether oxygens (including phenoxy) is 2. The van der Waals surface area contributed by atoms with Crippen molar-refractivity contribution < 1.29 is 24.0 Å². The first-order valence-corrected chi connectivity index (χ1v) is 10.2. The first kappa shape index (κ1) is 21.3. The van der Waals surface area contributed by atoms with Crippen LogP contribution in [0.15, 0.2) is 48.5 Å². The first-order valence-electron chi connectivity index (χ1n) is 9.78. The number of hydrogen-bond donors (Lipinski definition) is 2. The zero-order chi connectivity index (χ0) is 20.5. The molecule has 7 heteroatoms. The van der Waals surface area contributed by atoms with Gasteiger partial charge in [-0.05, 0) is 36.2 Å². The van der Waals surface area contributed by atoms with Crippen LogP contribution in [0, 0.1) is 0 Å². The van der Waals surface area contributed by atoms with Crippen LogP contribution in [-0.2, 0) is 27.2 Å². The minimum absolute atomic E-state index is 0.298. The van der Waals surface area contributed by atoms with Crippen LogP contribution in [0.25, 0.3) is 0 Å². The van der Waals surface area contributed by atoms with Gasteiger partial charge < -0.3 is 19.7 Å². The molecule has 1 fully saturated rings. The molecule has 0 unspecified atom stereocenters. The second-order valence-electron chi connectivity index (χ2n) is 7.04. The fourth-order valence-electron chi connectivity index (χ4n) is 3.19. The van der Waals surface area contributed by atoms with E-state index in [0.717, 1.165) is 44.0 Å². The highest BCUT2D eigenvalue weighted by atomic mass is 35.5. The summed E-state index contributed by atoms with van der Waals surface area (Å²) < 4.78 is 10.5. The van der Waals surface area contributed by atoms with Gasteiger partial charge in [0, 0.05) is 17.1 Å². The van der Waals surface area contributed by atoms with Crippen LogP contribution in [0.5, 0.6) is 0 Å². The van der Waals surface area contributed by atoms with Crippen LogP contribution in [0.1, 0.15) is 21.5 Å². The molecule has 0 aromatic heterocycles. The lowest BCUT2D eigenvalue weighted by Crippen LogP contribution is -3.12. The molecule has 1 aliphatic heterocycles. The zero-order valence-corrected chi connectivity index (χ0v) is 17.0. The number of carbonyl (C=O) groups excluding carboxylic acids is 2. The summed E-state index contributed by atoms with van der Waals surface area (Å²) in [5.74, 6) is -0.826. The van der Waals surface area contributed by atoms with Crippen molar-refractivity contribution in [1.29, 1.82) is 0 Å². The van der Waals surface area contributed by atoms with Crippen molar-refractivity contribution in [2.24, 2.45) is 0 Å². The van der Waals surface area contributed by atoms with Crippen LogP contribution < -0.4 is 10.2 Å². The Kier molecular flexibility index (Phi) is 8.04. The maximum Gasteiger partial charge on any atom is 0.338 e. The Hall–Kier alpha value is -2.41. The van der Waals surface area contributed by atoms with Crippen molar-refractivity contribution in [1.82, 2.24) is 5.32 Å². The number of benzene rings is 2. The summed E-state index contributed by atoms with van der Waals surface area (Å²) in [6.07, 6.45) is 0.660. The van der Waals surface area contributed by atoms with E-state index in [9.17, 15) is 9.59 Å². The second-order valence-corrected chi connectivity index (χ2v) is 7.48. The zero-order valence-electron chi connectivity index (χ0n) is 16.3. The molecule has 0 saturated carbocycles. The smallest absolute Gasteiger partial charge is 0.338 e. The van der Waals surface area contributed by atoms with E-state index < -0.39 is 5.97 Å². The molecular formula is C22H26ClN2O4+. The molecule has 6 nitrogen and oxygen atoms in total. The number of morpholine rings is 1. The van der Waals surface area contributed by atoms with Gasteiger partial charge in [-0.3, -0.25) is 4.79 Å². The van der Waals surface area contributed by atoms with E-state index >= 15 is 0 Å². The van der Waals surface area contributed by atoms with Crippen molar-refractivity contribution in [2.45, 2.75) is 13.0 Å². The lowest BCUT2D eigenvalue weighted by atomic mass is 10.1. The minimum Gasteiger partial charge on any atom is -0.452 e. The number of esters is 1. The van der Waals surface area contributed by atoms with Crippen molar-refractivity contribution in [2.75, 3.05) is 39.5 Å². The summed E-state index contributed by atoms with van der Waals surface area (Å²) in [5, 5.41) is 3.41. The van der Waals surface area contributed by atoms with Gasteiger partial charge in [-0.15, -0.1) is 0 Å². The Labute approximate surface area is 175 Å². The van der Waals surface area contributed by atoms with Gasteiger partial charge in [0.1, 0.15) is 19.6 Å². The van der Waals surface area contributed by atoms with Crippen LogP contribution in [0.2, 0.25) is 5.02 Å². The van der Waals surface area contributed by atoms with Crippen LogP contribution in [0.4, 0.5) is 0 Å². The molecule has 0 bridgehead atoms. The topological polar surface area (TPSA) is 69.1 Å². The summed E-state index contributed by atoms with van der Waals surface area (Å²) in [6, 6.07) is 14.8. The third kappa shape index (κ3) is 7.16. The lowest BCUT2D eigenvalue weighted by Gasteiger charge is -2.23. The molecule has 1 heterocycles. The molecule has 0 radical (unpaired) electrons. The number of halogens is 1. The second kappa shape index (κ2) is 11.0. The number of quaternary nitrogens is 1. The molecule has 0 atom stereocenters. The molecule has 2 aromatic carbocycles. The van der Waals surface area contributed by atoms with Crippen molar-refractivity contribution >= 4 is 23.5 Å². The van der Waals surface area contributed by atoms with Crippen molar-refractivity contribution in [3.63, 3.8) is 0 Å². The Morgan fingerprint density at radius 2 is 1.83 bits per heavy atom. The van der Waals surface area contributed by atoms with Gasteiger partial charge in [0.25, 0.3) is 5.91 Å². The SMILES string of the molecule is O=C(COC(=O)c1ccc(C[NH+]2CCOCC2)cc1)NCCc1cccc(Cl)c1. The fourth-order valence-corrected chi connectivity index (χ4v) is 3.40. The number of amides is 1. The maximum absolute atomic E-state index is 12.1. The highest BCUT2D eigenvalue weighted by Gasteiger charge is 2.15. The van der Waals surface area contributed by atoms with E-state index in [4.69, 9.17) is 21.1 Å². The average molecular weight is 418 g/mol. The Morgan fingerprint density at radius 1 is 1.07 bits per heavy atom. The third-order valence-corrected chi connectivity index (χ3v) is 5.04. The summed E-state index contributed by atoms with van der Waals surface area (Å²) in [7, 11) is 0. The quantitative estimate of drug-likeness (QED) is 0.635. The van der Waals surface area contributed by atoms with E-state index in [0.29, 0.717) is 23.6 Å². The molecule has 3 rings (SSSR count). The Bertz CT molecular complexity index is 820. The van der Waals surface area contributed by atoms with E-state index in [2.05, 4.69) is 5.32 Å². The summed E-state index contributed by atoms with van der Waals surface area (Å²) in [6.45, 7) is 4.64. The number of nitrogens with one attached hydrogen (secondary N) is 2. The summed E-state index contributed by atoms with van der Waals surface area (Å²) in [5.41, 5.74) is 2.64. The normalized spacial score (nSPS) is 14.4. The maximum atomic E-state index is 12.1. The summed E-state index contributed by atoms with van der Waals surface area (Å²) >= 11 is 5.94. The first-order chi connectivity index (χ1) is 14.1. The Balaban J connectivity index is 1.37. The predicted octanol–water partition coefficient (Wildman–Crippen LogP) is 1.27. The van der Waals surface area contributed by atoms with E-state index in [1.807, 2.05) is 30.3 Å². The van der Waals surface area contributed by atoms with Crippen LogP contribution in [-0.4, -0.2) is 51.3 Å². The Morgan fingerprint density at radius 3 is 2.55 bits per heavy atom. The van der Waals surface area contributed by atoms with Crippen LogP contribution in [0.3, 0.4) is 0 Å². The van der Waals surface area contributed by atoms with Crippen molar-refractivity contribution in [3.8, 4) is 0 Å². The van der Waals surface area contributed by atoms with Gasteiger partial charge >= 0.3 is 5.97 Å². The van der Waals surface area contributed by atoms with Crippen molar-refractivity contribution in [3.05, 3.63) is 70.2 Å². The molecule has 0 aliphatic carbocycles. The molecular weight excluding hydrogens is 392 g/mol. The third-order valence-electron chi connectivity index (χ3n) is 4.80. The van der Waals surface area contributed by atoms with Gasteiger partial charge in [-0.1, -0.05) is 35.9 Å². The molecule has 1 aliphatic rings. The fraction of sp³-hybridized carbons (Fsp3) is 0.364. The van der Waals surface area contributed by atoms with Gasteiger partial charge in [-0.2, -0.15) is 0 Å². The molecule has 0 spiro atoms. The molecule has 1 saturated heterocycles. The standard InChI is InChI=1S/C22H25ClN2O4/c23-20-3-1-2-17(14-20)8-9-24-21(26)16-29-22(27)19-6-4-18(5-7-19)15-25-10-12-28-13-11-25/h1-7,14H,8-13,15-16H2,(H,24,26)/p+1. The monoisotopic (exact) mass is 417 g/mol. The highest BCUT2D eigenvalue weighted by molar-refractivity contribution is 6.30.